The van der Waals surface area contributed by atoms with Crippen molar-refractivity contribution < 1.29 is 0 Å². The summed E-state index contributed by atoms with van der Waals surface area (Å²) in [5.41, 5.74) is 14.5. The molecule has 0 bridgehead atoms. The average Bonchev–Trinajstić information content (AvgIpc) is 3.77. The Balaban J connectivity index is 1.26. The Hall–Kier alpha value is -8.24. The maximum absolute atomic E-state index is 10.1. The Kier molecular flexibility index (Phi) is 6.86. The highest BCUT2D eigenvalue weighted by Crippen LogP contribution is 2.63. The zero-order valence-corrected chi connectivity index (χ0v) is 30.3. The molecule has 1 aliphatic heterocycles. The van der Waals surface area contributed by atoms with Crippen molar-refractivity contribution in [3.8, 4) is 34.0 Å². The Morgan fingerprint density at radius 2 is 1.16 bits per heavy atom. The standard InChI is InChI=1S/C51H28N6/c1-53-45-26-32(30-52)25-39(50(45)54-2)33-27-34(56-46-20-10-5-15-38(46)40-31-55-24-23-47(40)56)29-35(28-33)57-48-21-11-8-18-43(48)51(44-19-9-12-22-49(44)57)41-16-6-3-13-36(41)37-14-4-7-17-42(37)51/h3-29,31H. The van der Waals surface area contributed by atoms with Crippen LogP contribution < -0.4 is 4.90 Å². The van der Waals surface area contributed by atoms with Crippen LogP contribution in [0.4, 0.5) is 28.4 Å². The minimum absolute atomic E-state index is 0.156. The molecule has 0 radical (unpaired) electrons. The molecule has 1 aliphatic carbocycles. The number of hydrogen-bond donors (Lipinski definition) is 0. The largest absolute Gasteiger partial charge is 0.310 e. The molecule has 262 valence electrons. The van der Waals surface area contributed by atoms with Gasteiger partial charge in [0.2, 0.25) is 5.69 Å². The molecule has 2 aromatic heterocycles. The van der Waals surface area contributed by atoms with E-state index in [1.54, 1.807) is 6.07 Å². The Morgan fingerprint density at radius 3 is 1.82 bits per heavy atom. The van der Waals surface area contributed by atoms with Gasteiger partial charge in [0, 0.05) is 40.1 Å². The maximum atomic E-state index is 10.1. The highest BCUT2D eigenvalue weighted by atomic mass is 15.2. The van der Waals surface area contributed by atoms with Gasteiger partial charge in [-0.25, -0.2) is 4.85 Å². The van der Waals surface area contributed by atoms with Gasteiger partial charge in [0.05, 0.1) is 47.0 Å². The molecule has 0 saturated heterocycles. The number of anilines is 3. The van der Waals surface area contributed by atoms with E-state index >= 15 is 0 Å². The number of fused-ring (bicyclic) bond motifs is 12. The van der Waals surface area contributed by atoms with Crippen LogP contribution in [-0.4, -0.2) is 9.55 Å². The first-order valence-corrected chi connectivity index (χ1v) is 18.7. The second-order valence-corrected chi connectivity index (χ2v) is 14.4. The second kappa shape index (κ2) is 12.1. The number of aromatic nitrogens is 2. The zero-order valence-electron chi connectivity index (χ0n) is 30.3. The molecule has 0 atom stereocenters. The van der Waals surface area contributed by atoms with Crippen molar-refractivity contribution in [2.75, 3.05) is 4.90 Å². The van der Waals surface area contributed by atoms with Crippen LogP contribution in [-0.2, 0) is 5.41 Å². The lowest BCUT2D eigenvalue weighted by atomic mass is 9.64. The summed E-state index contributed by atoms with van der Waals surface area (Å²) in [7, 11) is 0. The maximum Gasteiger partial charge on any atom is 0.202 e. The predicted octanol–water partition coefficient (Wildman–Crippen LogP) is 13.0. The summed E-state index contributed by atoms with van der Waals surface area (Å²) in [5, 5.41) is 12.2. The number of para-hydroxylation sites is 3. The van der Waals surface area contributed by atoms with Gasteiger partial charge in [-0.2, -0.15) is 5.26 Å². The molecule has 7 aromatic carbocycles. The molecular weight excluding hydrogens is 697 g/mol. The number of rotatable bonds is 3. The van der Waals surface area contributed by atoms with E-state index < -0.39 is 5.41 Å². The van der Waals surface area contributed by atoms with Crippen LogP contribution in [0.25, 0.3) is 59.4 Å². The van der Waals surface area contributed by atoms with Gasteiger partial charge in [-0.05, 0) is 93.0 Å². The number of nitrogens with zero attached hydrogens (tertiary/aromatic N) is 6. The van der Waals surface area contributed by atoms with Crippen molar-refractivity contribution in [1.29, 1.82) is 5.26 Å². The van der Waals surface area contributed by atoms with Gasteiger partial charge in [0.1, 0.15) is 0 Å². The lowest BCUT2D eigenvalue weighted by Crippen LogP contribution is -2.36. The van der Waals surface area contributed by atoms with E-state index in [1.165, 1.54) is 39.4 Å². The van der Waals surface area contributed by atoms with E-state index in [0.29, 0.717) is 11.1 Å². The SMILES string of the molecule is [C-]#[N+]c1cc(C#N)cc(-c2cc(N3c4ccccc4C4(c5ccccc5-c5ccccc54)c4ccccc43)cc(-n3c4ccccc4c4cnccc43)c2)c1[N+]#[C-]. The summed E-state index contributed by atoms with van der Waals surface area (Å²) in [5.74, 6) is 0. The first kappa shape index (κ1) is 32.2. The third-order valence-electron chi connectivity index (χ3n) is 11.7. The van der Waals surface area contributed by atoms with Crippen molar-refractivity contribution in [2.24, 2.45) is 0 Å². The fourth-order valence-corrected chi connectivity index (χ4v) is 9.55. The van der Waals surface area contributed by atoms with Crippen LogP contribution in [0.3, 0.4) is 0 Å². The molecule has 0 unspecified atom stereocenters. The van der Waals surface area contributed by atoms with Gasteiger partial charge < -0.3 is 9.47 Å². The molecule has 0 amide bonds. The van der Waals surface area contributed by atoms with E-state index in [9.17, 15) is 5.26 Å². The number of pyridine rings is 1. The first-order chi connectivity index (χ1) is 28.1. The normalized spacial score (nSPS) is 13.0. The number of benzene rings is 7. The molecule has 6 heteroatoms. The highest BCUT2D eigenvalue weighted by molar-refractivity contribution is 6.09. The monoisotopic (exact) mass is 724 g/mol. The second-order valence-electron chi connectivity index (χ2n) is 14.4. The van der Waals surface area contributed by atoms with E-state index in [-0.39, 0.29) is 11.4 Å². The van der Waals surface area contributed by atoms with Crippen LogP contribution in [0.15, 0.2) is 170 Å². The van der Waals surface area contributed by atoms with E-state index in [4.69, 9.17) is 13.1 Å². The summed E-state index contributed by atoms with van der Waals surface area (Å²) in [6.45, 7) is 16.2. The molecule has 2 aliphatic rings. The average molecular weight is 725 g/mol. The van der Waals surface area contributed by atoms with Gasteiger partial charge >= 0.3 is 0 Å². The van der Waals surface area contributed by atoms with Gasteiger partial charge in [-0.1, -0.05) is 109 Å². The fraction of sp³-hybridized carbons (Fsp3) is 0.0196. The van der Waals surface area contributed by atoms with Gasteiger partial charge in [0.25, 0.3) is 0 Å². The third-order valence-corrected chi connectivity index (χ3v) is 11.7. The molecule has 57 heavy (non-hydrogen) atoms. The van der Waals surface area contributed by atoms with E-state index in [2.05, 4.69) is 158 Å². The summed E-state index contributed by atoms with van der Waals surface area (Å²) in [4.78, 5) is 14.4. The molecule has 11 rings (SSSR count). The van der Waals surface area contributed by atoms with Gasteiger partial charge in [0.15, 0.2) is 5.69 Å². The minimum Gasteiger partial charge on any atom is -0.310 e. The minimum atomic E-state index is -0.569. The summed E-state index contributed by atoms with van der Waals surface area (Å²) < 4.78 is 2.24. The van der Waals surface area contributed by atoms with Crippen molar-refractivity contribution in [3.05, 3.63) is 221 Å². The van der Waals surface area contributed by atoms with Crippen molar-refractivity contribution in [3.63, 3.8) is 0 Å². The molecular formula is C51H28N6. The predicted molar refractivity (Wildman–Crippen MR) is 227 cm³/mol. The van der Waals surface area contributed by atoms with Gasteiger partial charge in [-0.15, -0.1) is 0 Å². The summed E-state index contributed by atoms with van der Waals surface area (Å²) in [6.07, 6.45) is 3.72. The zero-order chi connectivity index (χ0) is 38.3. The Labute approximate surface area is 329 Å². The molecule has 6 nitrogen and oxygen atoms in total. The van der Waals surface area contributed by atoms with E-state index in [0.717, 1.165) is 50.1 Å². The third kappa shape index (κ3) is 4.34. The van der Waals surface area contributed by atoms with Crippen molar-refractivity contribution >= 4 is 50.2 Å². The van der Waals surface area contributed by atoms with Gasteiger partial charge in [-0.3, -0.25) is 9.83 Å². The van der Waals surface area contributed by atoms with Crippen LogP contribution in [0, 0.1) is 24.5 Å². The molecule has 0 N–H and O–H groups in total. The van der Waals surface area contributed by atoms with Crippen LogP contribution >= 0.6 is 0 Å². The Morgan fingerprint density at radius 1 is 0.561 bits per heavy atom. The highest BCUT2D eigenvalue weighted by Gasteiger charge is 2.51. The number of nitriles is 1. The lowest BCUT2D eigenvalue weighted by molar-refractivity contribution is 0.752. The summed E-state index contributed by atoms with van der Waals surface area (Å²) >= 11 is 0. The number of hydrogen-bond acceptors (Lipinski definition) is 3. The van der Waals surface area contributed by atoms with Crippen LogP contribution in [0.5, 0.6) is 0 Å². The van der Waals surface area contributed by atoms with Crippen LogP contribution in [0.2, 0.25) is 0 Å². The lowest BCUT2D eigenvalue weighted by Gasteiger charge is -2.45. The molecule has 0 fully saturated rings. The van der Waals surface area contributed by atoms with Crippen molar-refractivity contribution in [2.45, 2.75) is 5.41 Å². The summed E-state index contributed by atoms with van der Waals surface area (Å²) in [6, 6.07) is 57.1. The molecule has 0 saturated carbocycles. The fourth-order valence-electron chi connectivity index (χ4n) is 9.55. The van der Waals surface area contributed by atoms with Crippen molar-refractivity contribution in [1.82, 2.24) is 9.55 Å². The van der Waals surface area contributed by atoms with E-state index in [1.807, 2.05) is 30.6 Å². The molecule has 1 spiro atoms. The Bertz CT molecular complexity index is 3170. The molecule has 9 aromatic rings. The topological polar surface area (TPSA) is 53.6 Å². The molecule has 3 heterocycles. The van der Waals surface area contributed by atoms with Crippen LogP contribution in [0.1, 0.15) is 27.8 Å². The quantitative estimate of drug-likeness (QED) is 0.171. The first-order valence-electron chi connectivity index (χ1n) is 18.7. The smallest absolute Gasteiger partial charge is 0.202 e.